The van der Waals surface area contributed by atoms with E-state index in [0.29, 0.717) is 5.56 Å². The van der Waals surface area contributed by atoms with E-state index < -0.39 is 15.8 Å². The molecule has 0 spiro atoms. The highest BCUT2D eigenvalue weighted by atomic mass is 32.2. The topological polar surface area (TPSA) is 97.5 Å². The lowest BCUT2D eigenvalue weighted by Gasteiger charge is -2.04. The standard InChI is InChI=1S/C9H9NO4S/c10-5-3-7(9(11)12)6-1-2-15(13,14)8(6)4-5/h3-4H,1-2,10H2,(H,11,12). The summed E-state index contributed by atoms with van der Waals surface area (Å²) in [5.74, 6) is -1.18. The summed E-state index contributed by atoms with van der Waals surface area (Å²) in [5.41, 5.74) is 5.99. The van der Waals surface area contributed by atoms with Crippen LogP contribution in [0.3, 0.4) is 0 Å². The second-order valence-electron chi connectivity index (χ2n) is 3.42. The molecule has 0 bridgehead atoms. The molecule has 1 aliphatic heterocycles. The third-order valence-corrected chi connectivity index (χ3v) is 4.19. The number of aromatic carboxylic acids is 1. The molecule has 1 heterocycles. The van der Waals surface area contributed by atoms with Gasteiger partial charge in [-0.2, -0.15) is 0 Å². The molecule has 5 nitrogen and oxygen atoms in total. The van der Waals surface area contributed by atoms with Crippen molar-refractivity contribution in [2.24, 2.45) is 0 Å². The van der Waals surface area contributed by atoms with Crippen molar-refractivity contribution >= 4 is 21.5 Å². The number of rotatable bonds is 1. The van der Waals surface area contributed by atoms with Gasteiger partial charge in [-0.15, -0.1) is 0 Å². The molecule has 3 N–H and O–H groups in total. The van der Waals surface area contributed by atoms with Crippen LogP contribution in [0.2, 0.25) is 0 Å². The highest BCUT2D eigenvalue weighted by molar-refractivity contribution is 7.91. The summed E-state index contributed by atoms with van der Waals surface area (Å²) in [4.78, 5) is 10.9. The first-order chi connectivity index (χ1) is 6.92. The molecule has 1 aliphatic rings. The van der Waals surface area contributed by atoms with E-state index in [1.807, 2.05) is 0 Å². The maximum atomic E-state index is 11.5. The normalized spacial score (nSPS) is 17.3. The number of sulfone groups is 1. The van der Waals surface area contributed by atoms with Crippen molar-refractivity contribution < 1.29 is 18.3 Å². The lowest BCUT2D eigenvalue weighted by Crippen LogP contribution is -2.04. The summed E-state index contributed by atoms with van der Waals surface area (Å²) in [6, 6.07) is 2.62. The molecule has 0 aliphatic carbocycles. The van der Waals surface area contributed by atoms with Gasteiger partial charge in [0.1, 0.15) is 0 Å². The smallest absolute Gasteiger partial charge is 0.336 e. The Morgan fingerprint density at radius 3 is 2.67 bits per heavy atom. The van der Waals surface area contributed by atoms with Gasteiger partial charge in [-0.05, 0) is 24.1 Å². The van der Waals surface area contributed by atoms with Crippen LogP contribution in [0, 0.1) is 0 Å². The van der Waals surface area contributed by atoms with E-state index >= 15 is 0 Å². The average molecular weight is 227 g/mol. The van der Waals surface area contributed by atoms with E-state index in [9.17, 15) is 13.2 Å². The molecular weight excluding hydrogens is 218 g/mol. The lowest BCUT2D eigenvalue weighted by atomic mass is 10.0. The van der Waals surface area contributed by atoms with Crippen molar-refractivity contribution in [2.45, 2.75) is 11.3 Å². The Morgan fingerprint density at radius 2 is 2.07 bits per heavy atom. The molecule has 1 aromatic rings. The molecule has 0 saturated carbocycles. The fraction of sp³-hybridized carbons (Fsp3) is 0.222. The number of carbonyl (C=O) groups is 1. The summed E-state index contributed by atoms with van der Waals surface area (Å²) in [6.07, 6.45) is 0.250. The van der Waals surface area contributed by atoms with Crippen molar-refractivity contribution in [1.29, 1.82) is 0 Å². The number of anilines is 1. The van der Waals surface area contributed by atoms with Crippen LogP contribution in [0.25, 0.3) is 0 Å². The first kappa shape index (κ1) is 9.97. The zero-order valence-electron chi connectivity index (χ0n) is 7.73. The zero-order chi connectivity index (χ0) is 11.2. The minimum Gasteiger partial charge on any atom is -0.478 e. The molecule has 0 amide bonds. The molecule has 15 heavy (non-hydrogen) atoms. The number of hydrogen-bond donors (Lipinski definition) is 2. The third-order valence-electron chi connectivity index (χ3n) is 2.42. The van der Waals surface area contributed by atoms with Crippen molar-refractivity contribution in [1.82, 2.24) is 0 Å². The number of nitrogens with two attached hydrogens (primary N) is 1. The van der Waals surface area contributed by atoms with Crippen molar-refractivity contribution in [3.8, 4) is 0 Å². The Morgan fingerprint density at radius 1 is 1.40 bits per heavy atom. The van der Waals surface area contributed by atoms with Crippen LogP contribution in [-0.2, 0) is 16.3 Å². The van der Waals surface area contributed by atoms with Crippen molar-refractivity contribution in [3.63, 3.8) is 0 Å². The lowest BCUT2D eigenvalue weighted by molar-refractivity contribution is 0.0695. The molecule has 0 saturated heterocycles. The zero-order valence-corrected chi connectivity index (χ0v) is 8.54. The van der Waals surface area contributed by atoms with E-state index in [4.69, 9.17) is 10.8 Å². The minimum atomic E-state index is -3.33. The largest absolute Gasteiger partial charge is 0.478 e. The molecule has 0 fully saturated rings. The predicted molar refractivity (Wildman–Crippen MR) is 53.6 cm³/mol. The van der Waals surface area contributed by atoms with Gasteiger partial charge in [-0.3, -0.25) is 0 Å². The van der Waals surface area contributed by atoms with Crippen LogP contribution in [0.15, 0.2) is 17.0 Å². The third kappa shape index (κ3) is 1.46. The summed E-state index contributed by atoms with van der Waals surface area (Å²) >= 11 is 0. The monoisotopic (exact) mass is 227 g/mol. The minimum absolute atomic E-state index is 0.00826. The van der Waals surface area contributed by atoms with E-state index in [2.05, 4.69) is 0 Å². The molecule has 0 aromatic heterocycles. The molecule has 0 radical (unpaired) electrons. The Kier molecular flexibility index (Phi) is 1.97. The van der Waals surface area contributed by atoms with Crippen molar-refractivity contribution in [2.75, 3.05) is 11.5 Å². The first-order valence-electron chi connectivity index (χ1n) is 4.30. The molecule has 0 atom stereocenters. The van der Waals surface area contributed by atoms with Crippen LogP contribution in [0.5, 0.6) is 0 Å². The average Bonchev–Trinajstić information content (AvgIpc) is 2.41. The summed E-state index contributed by atoms with van der Waals surface area (Å²) in [7, 11) is -3.33. The molecule has 0 unspecified atom stereocenters. The number of hydrogen-bond acceptors (Lipinski definition) is 4. The number of carboxylic acids is 1. The van der Waals surface area contributed by atoms with E-state index in [1.54, 1.807) is 0 Å². The second-order valence-corrected chi connectivity index (χ2v) is 5.50. The number of fused-ring (bicyclic) bond motifs is 1. The Bertz CT molecular complexity index is 547. The summed E-state index contributed by atoms with van der Waals surface area (Å²) in [5, 5.41) is 8.89. The van der Waals surface area contributed by atoms with Gasteiger partial charge in [-0.1, -0.05) is 0 Å². The van der Waals surface area contributed by atoms with Crippen LogP contribution >= 0.6 is 0 Å². The van der Waals surface area contributed by atoms with Crippen molar-refractivity contribution in [3.05, 3.63) is 23.3 Å². The number of carboxylic acid groups (broad SMARTS) is 1. The fourth-order valence-electron chi connectivity index (χ4n) is 1.74. The molecule has 1 aromatic carbocycles. The molecular formula is C9H9NO4S. The van der Waals surface area contributed by atoms with Gasteiger partial charge in [0.05, 0.1) is 16.2 Å². The van der Waals surface area contributed by atoms with E-state index in [-0.39, 0.29) is 28.3 Å². The second kappa shape index (κ2) is 2.96. The Labute approximate surface area is 86.4 Å². The number of benzene rings is 1. The Balaban J connectivity index is 2.79. The van der Waals surface area contributed by atoms with Gasteiger partial charge in [0.25, 0.3) is 0 Å². The molecule has 2 rings (SSSR count). The first-order valence-corrected chi connectivity index (χ1v) is 5.95. The van der Waals surface area contributed by atoms with Gasteiger partial charge < -0.3 is 10.8 Å². The van der Waals surface area contributed by atoms with Crippen LogP contribution in [0.4, 0.5) is 5.69 Å². The predicted octanol–water partition coefficient (Wildman–Crippen LogP) is 0.297. The van der Waals surface area contributed by atoms with Gasteiger partial charge in [0, 0.05) is 5.69 Å². The SMILES string of the molecule is Nc1cc(C(=O)O)c2c(c1)S(=O)(=O)CC2. The fourth-order valence-corrected chi connectivity index (χ4v) is 3.34. The summed E-state index contributed by atoms with van der Waals surface area (Å²) in [6.45, 7) is 0. The molecule has 80 valence electrons. The van der Waals surface area contributed by atoms with Crippen LogP contribution in [-0.4, -0.2) is 25.2 Å². The van der Waals surface area contributed by atoms with Gasteiger partial charge in [0.15, 0.2) is 9.84 Å². The van der Waals surface area contributed by atoms with Gasteiger partial charge >= 0.3 is 5.97 Å². The highest BCUT2D eigenvalue weighted by Crippen LogP contribution is 2.31. The van der Waals surface area contributed by atoms with E-state index in [0.717, 1.165) is 0 Å². The van der Waals surface area contributed by atoms with E-state index in [1.165, 1.54) is 12.1 Å². The van der Waals surface area contributed by atoms with Crippen LogP contribution in [0.1, 0.15) is 15.9 Å². The highest BCUT2D eigenvalue weighted by Gasteiger charge is 2.30. The summed E-state index contributed by atoms with van der Waals surface area (Å²) < 4.78 is 23.1. The Hall–Kier alpha value is -1.56. The van der Waals surface area contributed by atoms with Crippen LogP contribution < -0.4 is 5.73 Å². The molecule has 6 heteroatoms. The maximum absolute atomic E-state index is 11.5. The van der Waals surface area contributed by atoms with Gasteiger partial charge in [0.2, 0.25) is 0 Å². The number of nitrogen functional groups attached to an aromatic ring is 1. The van der Waals surface area contributed by atoms with Gasteiger partial charge in [-0.25, -0.2) is 13.2 Å². The quantitative estimate of drug-likeness (QED) is 0.672. The maximum Gasteiger partial charge on any atom is 0.336 e.